The molecule has 4 nitrogen and oxygen atoms in total. The summed E-state index contributed by atoms with van der Waals surface area (Å²) in [7, 11) is 1.54. The van der Waals surface area contributed by atoms with Crippen molar-refractivity contribution in [1.82, 2.24) is 5.32 Å². The van der Waals surface area contributed by atoms with Gasteiger partial charge < -0.3 is 15.8 Å². The molecular weight excluding hydrogens is 228 g/mol. The van der Waals surface area contributed by atoms with Crippen molar-refractivity contribution in [3.8, 4) is 0 Å². The molecular formula is C14H22N2O2. The van der Waals surface area contributed by atoms with Crippen molar-refractivity contribution in [1.29, 1.82) is 0 Å². The number of ether oxygens (including phenoxy) is 1. The van der Waals surface area contributed by atoms with Crippen LogP contribution in [0.15, 0.2) is 30.3 Å². The minimum Gasteiger partial charge on any atom is -0.367 e. The Morgan fingerprint density at radius 1 is 1.33 bits per heavy atom. The summed E-state index contributed by atoms with van der Waals surface area (Å²) in [5.74, 6) is -0.128. The summed E-state index contributed by atoms with van der Waals surface area (Å²) in [6, 6.07) is 9.55. The Morgan fingerprint density at radius 2 is 1.94 bits per heavy atom. The van der Waals surface area contributed by atoms with Crippen molar-refractivity contribution in [3.05, 3.63) is 35.9 Å². The number of rotatable bonds is 6. The van der Waals surface area contributed by atoms with Gasteiger partial charge in [0.15, 0.2) is 6.10 Å². The molecule has 1 aromatic carbocycles. The van der Waals surface area contributed by atoms with Crippen molar-refractivity contribution >= 4 is 5.91 Å². The Kier molecular flexibility index (Phi) is 5.82. The highest BCUT2D eigenvalue weighted by molar-refractivity contribution is 5.82. The van der Waals surface area contributed by atoms with E-state index in [2.05, 4.69) is 5.32 Å². The van der Waals surface area contributed by atoms with Crippen LogP contribution in [0.25, 0.3) is 0 Å². The fourth-order valence-corrected chi connectivity index (χ4v) is 1.96. The van der Waals surface area contributed by atoms with E-state index in [1.807, 2.05) is 44.2 Å². The average Bonchev–Trinajstić information content (AvgIpc) is 2.29. The van der Waals surface area contributed by atoms with Crippen LogP contribution in [0.3, 0.4) is 0 Å². The third-order valence-electron chi connectivity index (χ3n) is 2.69. The zero-order valence-corrected chi connectivity index (χ0v) is 11.2. The molecule has 0 aliphatic carbocycles. The largest absolute Gasteiger partial charge is 0.367 e. The summed E-state index contributed by atoms with van der Waals surface area (Å²) >= 11 is 0. The molecule has 0 fully saturated rings. The van der Waals surface area contributed by atoms with Gasteiger partial charge in [0.2, 0.25) is 0 Å². The van der Waals surface area contributed by atoms with Crippen LogP contribution in [0.2, 0.25) is 0 Å². The molecule has 3 unspecified atom stereocenters. The molecule has 0 saturated heterocycles. The second kappa shape index (κ2) is 7.13. The van der Waals surface area contributed by atoms with Gasteiger partial charge >= 0.3 is 0 Å². The molecule has 0 aliphatic rings. The van der Waals surface area contributed by atoms with Crippen molar-refractivity contribution in [2.24, 2.45) is 5.73 Å². The molecule has 1 rings (SSSR count). The van der Waals surface area contributed by atoms with Crippen molar-refractivity contribution in [2.75, 3.05) is 7.11 Å². The molecule has 100 valence electrons. The first-order valence-corrected chi connectivity index (χ1v) is 6.18. The zero-order chi connectivity index (χ0) is 13.5. The number of nitrogens with two attached hydrogens (primary N) is 1. The number of carbonyl (C=O) groups excluding carboxylic acids is 1. The molecule has 0 saturated carbocycles. The molecule has 0 heterocycles. The number of nitrogens with one attached hydrogen (secondary N) is 1. The normalized spacial score (nSPS) is 15.8. The molecule has 0 radical (unpaired) electrons. The van der Waals surface area contributed by atoms with Gasteiger partial charge in [0.25, 0.3) is 5.91 Å². The third-order valence-corrected chi connectivity index (χ3v) is 2.69. The van der Waals surface area contributed by atoms with E-state index in [9.17, 15) is 4.79 Å². The molecule has 0 aliphatic heterocycles. The first-order valence-electron chi connectivity index (χ1n) is 6.18. The van der Waals surface area contributed by atoms with Crippen LogP contribution in [0, 0.1) is 0 Å². The summed E-state index contributed by atoms with van der Waals surface area (Å²) in [6.07, 6.45) is 0.179. The summed E-state index contributed by atoms with van der Waals surface area (Å²) in [4.78, 5) is 12.1. The van der Waals surface area contributed by atoms with Gasteiger partial charge in [-0.3, -0.25) is 4.79 Å². The molecule has 0 bridgehead atoms. The van der Waals surface area contributed by atoms with E-state index in [1.54, 1.807) is 0 Å². The minimum atomic E-state index is -0.568. The van der Waals surface area contributed by atoms with Crippen LogP contribution in [-0.2, 0) is 9.53 Å². The quantitative estimate of drug-likeness (QED) is 0.806. The molecule has 1 amide bonds. The fraction of sp³-hybridized carbons (Fsp3) is 0.500. The molecule has 1 aromatic rings. The minimum absolute atomic E-state index is 0.0406. The fourth-order valence-electron chi connectivity index (χ4n) is 1.96. The average molecular weight is 250 g/mol. The number of hydrogen-bond donors (Lipinski definition) is 2. The molecule has 4 heteroatoms. The van der Waals surface area contributed by atoms with Crippen LogP contribution in [-0.4, -0.2) is 25.1 Å². The smallest absolute Gasteiger partial charge is 0.253 e. The van der Waals surface area contributed by atoms with Gasteiger partial charge in [-0.2, -0.15) is 0 Å². The van der Waals surface area contributed by atoms with Crippen LogP contribution in [0.4, 0.5) is 0 Å². The van der Waals surface area contributed by atoms with Crippen LogP contribution < -0.4 is 11.1 Å². The Bertz CT molecular complexity index is 365. The molecule has 0 spiro atoms. The van der Waals surface area contributed by atoms with Crippen molar-refractivity contribution in [2.45, 2.75) is 38.5 Å². The lowest BCUT2D eigenvalue weighted by Gasteiger charge is -2.20. The predicted molar refractivity (Wildman–Crippen MR) is 72.1 cm³/mol. The van der Waals surface area contributed by atoms with E-state index in [1.165, 1.54) is 7.11 Å². The van der Waals surface area contributed by atoms with Gasteiger partial charge in [-0.25, -0.2) is 0 Å². The van der Waals surface area contributed by atoms with E-state index in [0.29, 0.717) is 0 Å². The van der Waals surface area contributed by atoms with Gasteiger partial charge in [0.1, 0.15) is 0 Å². The lowest BCUT2D eigenvalue weighted by Crippen LogP contribution is -2.39. The highest BCUT2D eigenvalue weighted by atomic mass is 16.5. The zero-order valence-electron chi connectivity index (χ0n) is 11.2. The maximum atomic E-state index is 12.1. The summed E-state index contributed by atoms with van der Waals surface area (Å²) in [5, 5.41) is 2.92. The Balaban J connectivity index is 2.63. The summed E-state index contributed by atoms with van der Waals surface area (Å²) in [5.41, 5.74) is 6.56. The summed E-state index contributed by atoms with van der Waals surface area (Å²) < 4.78 is 5.26. The van der Waals surface area contributed by atoms with Crippen LogP contribution in [0.1, 0.15) is 31.9 Å². The Hall–Kier alpha value is -1.39. The highest BCUT2D eigenvalue weighted by Gasteiger charge is 2.21. The lowest BCUT2D eigenvalue weighted by atomic mass is 10.1. The number of carbonyl (C=O) groups is 1. The maximum absolute atomic E-state index is 12.1. The first-order chi connectivity index (χ1) is 8.54. The van der Waals surface area contributed by atoms with Crippen LogP contribution >= 0.6 is 0 Å². The topological polar surface area (TPSA) is 64.3 Å². The van der Waals surface area contributed by atoms with Crippen LogP contribution in [0.5, 0.6) is 0 Å². The van der Waals surface area contributed by atoms with E-state index < -0.39 is 6.10 Å². The second-order valence-corrected chi connectivity index (χ2v) is 4.65. The van der Waals surface area contributed by atoms with E-state index in [-0.39, 0.29) is 18.0 Å². The van der Waals surface area contributed by atoms with Gasteiger partial charge in [0.05, 0.1) is 0 Å². The SMILES string of the molecule is COC(C(=O)NC(C)CC(C)N)c1ccccc1. The third kappa shape index (κ3) is 4.47. The van der Waals surface area contributed by atoms with Gasteiger partial charge in [-0.1, -0.05) is 30.3 Å². The monoisotopic (exact) mass is 250 g/mol. The second-order valence-electron chi connectivity index (χ2n) is 4.65. The Labute approximate surface area is 109 Å². The van der Waals surface area contributed by atoms with Gasteiger partial charge in [-0.15, -0.1) is 0 Å². The van der Waals surface area contributed by atoms with Crippen molar-refractivity contribution < 1.29 is 9.53 Å². The van der Waals surface area contributed by atoms with E-state index >= 15 is 0 Å². The number of hydrogen-bond acceptors (Lipinski definition) is 3. The molecule has 0 aromatic heterocycles. The highest BCUT2D eigenvalue weighted by Crippen LogP contribution is 2.16. The molecule has 18 heavy (non-hydrogen) atoms. The summed E-state index contributed by atoms with van der Waals surface area (Å²) in [6.45, 7) is 3.87. The number of methoxy groups -OCH3 is 1. The van der Waals surface area contributed by atoms with E-state index in [0.717, 1.165) is 12.0 Å². The van der Waals surface area contributed by atoms with Gasteiger partial charge in [-0.05, 0) is 25.8 Å². The standard InChI is InChI=1S/C14H22N2O2/c1-10(15)9-11(2)16-14(17)13(18-3)12-7-5-4-6-8-12/h4-8,10-11,13H,9,15H2,1-3H3,(H,16,17). The Morgan fingerprint density at radius 3 is 2.44 bits per heavy atom. The number of amides is 1. The first kappa shape index (κ1) is 14.7. The van der Waals surface area contributed by atoms with Crippen molar-refractivity contribution in [3.63, 3.8) is 0 Å². The molecule has 3 N–H and O–H groups in total. The van der Waals surface area contributed by atoms with Gasteiger partial charge in [0, 0.05) is 19.2 Å². The number of benzene rings is 1. The van der Waals surface area contributed by atoms with E-state index in [4.69, 9.17) is 10.5 Å². The maximum Gasteiger partial charge on any atom is 0.253 e. The molecule has 3 atom stereocenters. The lowest BCUT2D eigenvalue weighted by molar-refractivity contribution is -0.132. The predicted octanol–water partition coefficient (Wildman–Crippen LogP) is 1.62.